The van der Waals surface area contributed by atoms with Gasteiger partial charge in [-0.25, -0.2) is 9.97 Å². The van der Waals surface area contributed by atoms with Gasteiger partial charge < -0.3 is 4.90 Å². The van der Waals surface area contributed by atoms with Gasteiger partial charge in [-0.15, -0.1) is 0 Å². The van der Waals surface area contributed by atoms with E-state index in [9.17, 15) is 0 Å². The van der Waals surface area contributed by atoms with E-state index in [4.69, 9.17) is 0 Å². The Morgan fingerprint density at radius 1 is 1.19 bits per heavy atom. The Kier molecular flexibility index (Phi) is 3.05. The maximum Gasteiger partial charge on any atom is 0.225 e. The molecular formula is C11H13N5. The minimum absolute atomic E-state index is 0.650. The van der Waals surface area contributed by atoms with Crippen LogP contribution in [-0.2, 0) is 6.54 Å². The maximum atomic E-state index is 4.34. The van der Waals surface area contributed by atoms with E-state index in [1.807, 2.05) is 24.9 Å². The van der Waals surface area contributed by atoms with Crippen molar-refractivity contribution in [1.29, 1.82) is 0 Å². The molecule has 0 saturated heterocycles. The van der Waals surface area contributed by atoms with Crippen LogP contribution in [0.4, 0.5) is 5.95 Å². The Balaban J connectivity index is 2.12. The average molecular weight is 215 g/mol. The van der Waals surface area contributed by atoms with Crippen molar-refractivity contribution in [2.75, 3.05) is 11.9 Å². The summed E-state index contributed by atoms with van der Waals surface area (Å²) in [6.07, 6.45) is 6.84. The van der Waals surface area contributed by atoms with Crippen molar-refractivity contribution in [2.24, 2.45) is 0 Å². The smallest absolute Gasteiger partial charge is 0.225 e. The number of hydrogen-bond donors (Lipinski definition) is 0. The van der Waals surface area contributed by atoms with Crippen LogP contribution in [0, 0.1) is 6.92 Å². The molecule has 16 heavy (non-hydrogen) atoms. The van der Waals surface area contributed by atoms with E-state index >= 15 is 0 Å². The van der Waals surface area contributed by atoms with E-state index in [1.54, 1.807) is 24.8 Å². The van der Waals surface area contributed by atoms with Crippen LogP contribution in [0.3, 0.4) is 0 Å². The standard InChI is InChI=1S/C11H13N5/c1-9-3-4-14-11(15-9)16(2)8-10-7-12-5-6-13-10/h3-7H,8H2,1-2H3. The molecule has 0 unspecified atom stereocenters. The van der Waals surface area contributed by atoms with Crippen LogP contribution in [-0.4, -0.2) is 27.0 Å². The molecule has 0 atom stereocenters. The van der Waals surface area contributed by atoms with E-state index in [1.165, 1.54) is 0 Å². The van der Waals surface area contributed by atoms with E-state index in [-0.39, 0.29) is 0 Å². The second kappa shape index (κ2) is 4.65. The van der Waals surface area contributed by atoms with Gasteiger partial charge >= 0.3 is 0 Å². The van der Waals surface area contributed by atoms with Crippen molar-refractivity contribution in [1.82, 2.24) is 19.9 Å². The van der Waals surface area contributed by atoms with Gasteiger partial charge in [0.25, 0.3) is 0 Å². The second-order valence-corrected chi connectivity index (χ2v) is 3.55. The number of aryl methyl sites for hydroxylation is 1. The molecule has 2 rings (SSSR count). The van der Waals surface area contributed by atoms with Gasteiger partial charge in [-0.05, 0) is 13.0 Å². The molecule has 2 aromatic rings. The maximum absolute atomic E-state index is 4.34. The first-order valence-corrected chi connectivity index (χ1v) is 5.01. The number of aromatic nitrogens is 4. The molecule has 0 amide bonds. The lowest BCUT2D eigenvalue weighted by Crippen LogP contribution is -2.20. The average Bonchev–Trinajstić information content (AvgIpc) is 2.30. The molecule has 0 saturated carbocycles. The molecule has 0 N–H and O–H groups in total. The van der Waals surface area contributed by atoms with Crippen LogP contribution in [0.2, 0.25) is 0 Å². The first-order valence-electron chi connectivity index (χ1n) is 5.01. The van der Waals surface area contributed by atoms with E-state index in [0.717, 1.165) is 11.4 Å². The zero-order chi connectivity index (χ0) is 11.4. The first kappa shape index (κ1) is 10.5. The summed E-state index contributed by atoms with van der Waals surface area (Å²) in [6, 6.07) is 1.87. The Hall–Kier alpha value is -2.04. The second-order valence-electron chi connectivity index (χ2n) is 3.55. The third-order valence-electron chi connectivity index (χ3n) is 2.14. The quantitative estimate of drug-likeness (QED) is 0.770. The summed E-state index contributed by atoms with van der Waals surface area (Å²) in [5.74, 6) is 0.700. The van der Waals surface area contributed by atoms with Gasteiger partial charge in [-0.2, -0.15) is 0 Å². The molecule has 2 heterocycles. The lowest BCUT2D eigenvalue weighted by Gasteiger charge is -2.16. The summed E-state index contributed by atoms with van der Waals surface area (Å²) >= 11 is 0. The fourth-order valence-corrected chi connectivity index (χ4v) is 1.34. The monoisotopic (exact) mass is 215 g/mol. The predicted molar refractivity (Wildman–Crippen MR) is 60.9 cm³/mol. The van der Waals surface area contributed by atoms with Crippen LogP contribution >= 0.6 is 0 Å². The summed E-state index contributed by atoms with van der Waals surface area (Å²) in [5, 5.41) is 0. The molecule has 0 spiro atoms. The molecule has 0 aliphatic heterocycles. The van der Waals surface area contributed by atoms with Crippen LogP contribution in [0.5, 0.6) is 0 Å². The van der Waals surface area contributed by atoms with Gasteiger partial charge in [0.05, 0.1) is 18.4 Å². The van der Waals surface area contributed by atoms with E-state index in [0.29, 0.717) is 12.5 Å². The van der Waals surface area contributed by atoms with Crippen molar-refractivity contribution in [3.05, 3.63) is 42.2 Å². The minimum Gasteiger partial charge on any atom is -0.338 e. The largest absolute Gasteiger partial charge is 0.338 e. The fourth-order valence-electron chi connectivity index (χ4n) is 1.34. The van der Waals surface area contributed by atoms with Crippen LogP contribution < -0.4 is 4.90 Å². The zero-order valence-corrected chi connectivity index (χ0v) is 9.33. The van der Waals surface area contributed by atoms with E-state index < -0.39 is 0 Å². The van der Waals surface area contributed by atoms with Gasteiger partial charge in [0, 0.05) is 31.3 Å². The Bertz CT molecular complexity index is 457. The molecule has 0 aliphatic carbocycles. The molecule has 82 valence electrons. The minimum atomic E-state index is 0.650. The Morgan fingerprint density at radius 2 is 2.06 bits per heavy atom. The fraction of sp³-hybridized carbons (Fsp3) is 0.273. The summed E-state index contributed by atoms with van der Waals surface area (Å²) in [6.45, 7) is 2.60. The number of rotatable bonds is 3. The Labute approximate surface area is 94.2 Å². The summed E-state index contributed by atoms with van der Waals surface area (Å²) < 4.78 is 0. The molecule has 5 nitrogen and oxygen atoms in total. The number of hydrogen-bond acceptors (Lipinski definition) is 5. The topological polar surface area (TPSA) is 54.8 Å². The highest BCUT2D eigenvalue weighted by molar-refractivity contribution is 5.29. The highest BCUT2D eigenvalue weighted by Gasteiger charge is 2.05. The van der Waals surface area contributed by atoms with E-state index in [2.05, 4.69) is 19.9 Å². The highest BCUT2D eigenvalue weighted by atomic mass is 15.2. The van der Waals surface area contributed by atoms with Gasteiger partial charge in [-0.3, -0.25) is 9.97 Å². The van der Waals surface area contributed by atoms with Crippen molar-refractivity contribution < 1.29 is 0 Å². The summed E-state index contributed by atoms with van der Waals surface area (Å²) in [7, 11) is 1.93. The molecule has 0 aliphatic rings. The molecule has 0 fully saturated rings. The molecule has 0 radical (unpaired) electrons. The van der Waals surface area contributed by atoms with Crippen molar-refractivity contribution >= 4 is 5.95 Å². The summed E-state index contributed by atoms with van der Waals surface area (Å²) in [5.41, 5.74) is 1.85. The molecule has 2 aromatic heterocycles. The van der Waals surface area contributed by atoms with Gasteiger partial charge in [0.2, 0.25) is 5.95 Å². The van der Waals surface area contributed by atoms with Crippen molar-refractivity contribution in [3.63, 3.8) is 0 Å². The third-order valence-corrected chi connectivity index (χ3v) is 2.14. The SMILES string of the molecule is Cc1ccnc(N(C)Cc2cnccn2)n1. The van der Waals surface area contributed by atoms with Gasteiger partial charge in [0.1, 0.15) is 0 Å². The summed E-state index contributed by atoms with van der Waals surface area (Å²) in [4.78, 5) is 18.7. The highest BCUT2D eigenvalue weighted by Crippen LogP contribution is 2.07. The predicted octanol–water partition coefficient (Wildman–Crippen LogP) is 1.21. The molecular weight excluding hydrogens is 202 g/mol. The van der Waals surface area contributed by atoms with Crippen molar-refractivity contribution in [3.8, 4) is 0 Å². The first-order chi connectivity index (χ1) is 7.75. The lowest BCUT2D eigenvalue weighted by molar-refractivity contribution is 0.828. The number of nitrogens with zero attached hydrogens (tertiary/aromatic N) is 5. The van der Waals surface area contributed by atoms with Crippen LogP contribution in [0.15, 0.2) is 30.9 Å². The molecule has 5 heteroatoms. The normalized spacial score (nSPS) is 10.1. The van der Waals surface area contributed by atoms with Crippen LogP contribution in [0.1, 0.15) is 11.4 Å². The van der Waals surface area contributed by atoms with Crippen molar-refractivity contribution in [2.45, 2.75) is 13.5 Å². The lowest BCUT2D eigenvalue weighted by atomic mass is 10.4. The molecule has 0 bridgehead atoms. The Morgan fingerprint density at radius 3 is 2.75 bits per heavy atom. The molecule has 0 aromatic carbocycles. The van der Waals surface area contributed by atoms with Gasteiger partial charge in [0.15, 0.2) is 0 Å². The third kappa shape index (κ3) is 2.50. The number of anilines is 1. The zero-order valence-electron chi connectivity index (χ0n) is 9.33. The van der Waals surface area contributed by atoms with Crippen LogP contribution in [0.25, 0.3) is 0 Å². The van der Waals surface area contributed by atoms with Gasteiger partial charge in [-0.1, -0.05) is 0 Å².